The van der Waals surface area contributed by atoms with Crippen LogP contribution in [0.25, 0.3) is 0 Å². The van der Waals surface area contributed by atoms with Crippen LogP contribution in [0, 0.1) is 5.82 Å². The largest absolute Gasteiger partial charge is 0.389 e. The molecule has 1 aromatic carbocycles. The molecule has 1 atom stereocenters. The first-order valence-corrected chi connectivity index (χ1v) is 6.29. The molecule has 0 saturated heterocycles. The van der Waals surface area contributed by atoms with E-state index < -0.39 is 6.10 Å². The van der Waals surface area contributed by atoms with Crippen molar-refractivity contribution in [1.82, 2.24) is 4.98 Å². The fourth-order valence-corrected chi connectivity index (χ4v) is 2.04. The molecule has 0 aliphatic carbocycles. The molecular formula is C15H17FN2O. The number of aliphatic hydroxyl groups excluding tert-OH is 1. The lowest BCUT2D eigenvalue weighted by Gasteiger charge is -2.25. The number of benzene rings is 1. The second kappa shape index (κ2) is 5.80. The molecule has 3 nitrogen and oxygen atoms in total. The summed E-state index contributed by atoms with van der Waals surface area (Å²) >= 11 is 0. The van der Waals surface area contributed by atoms with Gasteiger partial charge in [-0.05, 0) is 44.2 Å². The number of nitrogens with zero attached hydrogens (tertiary/aromatic N) is 2. The molecule has 0 radical (unpaired) electrons. The van der Waals surface area contributed by atoms with Gasteiger partial charge in [-0.1, -0.05) is 6.07 Å². The molecule has 0 aliphatic rings. The van der Waals surface area contributed by atoms with Crippen LogP contribution in [0.1, 0.15) is 25.5 Å². The number of hydrogen-bond donors (Lipinski definition) is 1. The normalized spacial score (nSPS) is 12.2. The first kappa shape index (κ1) is 13.5. The van der Waals surface area contributed by atoms with Crippen LogP contribution < -0.4 is 4.90 Å². The third kappa shape index (κ3) is 2.90. The molecule has 0 amide bonds. The Hall–Kier alpha value is -1.94. The summed E-state index contributed by atoms with van der Waals surface area (Å²) in [6.07, 6.45) is 1.09. The molecule has 2 aromatic rings. The van der Waals surface area contributed by atoms with E-state index in [1.165, 1.54) is 12.1 Å². The summed E-state index contributed by atoms with van der Waals surface area (Å²) < 4.78 is 13.0. The summed E-state index contributed by atoms with van der Waals surface area (Å²) in [7, 11) is 0. The Labute approximate surface area is 112 Å². The Morgan fingerprint density at radius 2 is 1.95 bits per heavy atom. The SMILES string of the molecule is CCN(c1ccc(F)cc1)c1ncccc1C(C)O. The zero-order valence-electron chi connectivity index (χ0n) is 11.0. The molecule has 0 spiro atoms. The van der Waals surface area contributed by atoms with E-state index in [0.29, 0.717) is 12.4 Å². The van der Waals surface area contributed by atoms with Gasteiger partial charge in [-0.3, -0.25) is 0 Å². The van der Waals surface area contributed by atoms with Crippen molar-refractivity contribution in [2.24, 2.45) is 0 Å². The van der Waals surface area contributed by atoms with Crippen LogP contribution in [-0.4, -0.2) is 16.6 Å². The maximum atomic E-state index is 13.0. The quantitative estimate of drug-likeness (QED) is 0.915. The lowest BCUT2D eigenvalue weighted by atomic mass is 10.1. The van der Waals surface area contributed by atoms with E-state index in [1.807, 2.05) is 17.9 Å². The van der Waals surface area contributed by atoms with Gasteiger partial charge in [0.25, 0.3) is 0 Å². The Bertz CT molecular complexity index is 540. The van der Waals surface area contributed by atoms with Crippen molar-refractivity contribution >= 4 is 11.5 Å². The van der Waals surface area contributed by atoms with E-state index in [4.69, 9.17) is 0 Å². The second-order valence-electron chi connectivity index (χ2n) is 4.31. The zero-order valence-corrected chi connectivity index (χ0v) is 11.0. The van der Waals surface area contributed by atoms with Crippen LogP contribution in [-0.2, 0) is 0 Å². The zero-order chi connectivity index (χ0) is 13.8. The summed E-state index contributed by atoms with van der Waals surface area (Å²) in [5.74, 6) is 0.434. The van der Waals surface area contributed by atoms with Gasteiger partial charge in [0.05, 0.1) is 6.10 Å². The predicted molar refractivity (Wildman–Crippen MR) is 74.0 cm³/mol. The monoisotopic (exact) mass is 260 g/mol. The van der Waals surface area contributed by atoms with Gasteiger partial charge in [-0.15, -0.1) is 0 Å². The molecule has 1 aromatic heterocycles. The Balaban J connectivity index is 2.45. The number of rotatable bonds is 4. The molecule has 2 rings (SSSR count). The lowest BCUT2D eigenvalue weighted by Crippen LogP contribution is -2.19. The van der Waals surface area contributed by atoms with Crippen LogP contribution in [0.5, 0.6) is 0 Å². The molecule has 100 valence electrons. The molecule has 0 saturated carbocycles. The van der Waals surface area contributed by atoms with Crippen LogP contribution in [0.3, 0.4) is 0 Å². The molecule has 0 aliphatic heterocycles. The predicted octanol–water partition coefficient (Wildman–Crippen LogP) is 3.43. The van der Waals surface area contributed by atoms with Gasteiger partial charge in [0, 0.05) is 24.0 Å². The number of pyridine rings is 1. The van der Waals surface area contributed by atoms with Gasteiger partial charge < -0.3 is 10.0 Å². The highest BCUT2D eigenvalue weighted by Crippen LogP contribution is 2.29. The van der Waals surface area contributed by atoms with E-state index >= 15 is 0 Å². The first-order chi connectivity index (χ1) is 9.13. The van der Waals surface area contributed by atoms with Crippen molar-refractivity contribution < 1.29 is 9.50 Å². The van der Waals surface area contributed by atoms with E-state index in [0.717, 1.165) is 11.3 Å². The molecule has 0 bridgehead atoms. The minimum absolute atomic E-state index is 0.267. The second-order valence-corrected chi connectivity index (χ2v) is 4.31. The van der Waals surface area contributed by atoms with Crippen LogP contribution in [0.15, 0.2) is 42.6 Å². The summed E-state index contributed by atoms with van der Waals surface area (Å²) in [6.45, 7) is 4.38. The molecular weight excluding hydrogens is 243 g/mol. The van der Waals surface area contributed by atoms with Gasteiger partial charge in [-0.2, -0.15) is 0 Å². The minimum atomic E-state index is -0.599. The van der Waals surface area contributed by atoms with E-state index in [1.54, 1.807) is 31.3 Å². The number of anilines is 2. The first-order valence-electron chi connectivity index (χ1n) is 6.29. The van der Waals surface area contributed by atoms with Gasteiger partial charge in [0.15, 0.2) is 0 Å². The van der Waals surface area contributed by atoms with E-state index in [-0.39, 0.29) is 5.82 Å². The van der Waals surface area contributed by atoms with Gasteiger partial charge in [0.2, 0.25) is 0 Å². The highest BCUT2D eigenvalue weighted by Gasteiger charge is 2.15. The number of aromatic nitrogens is 1. The van der Waals surface area contributed by atoms with Gasteiger partial charge in [-0.25, -0.2) is 9.37 Å². The standard InChI is InChI=1S/C15H17FN2O/c1-3-18(13-8-6-12(16)7-9-13)15-14(11(2)19)5-4-10-17-15/h4-11,19H,3H2,1-2H3. The van der Waals surface area contributed by atoms with Gasteiger partial charge in [0.1, 0.15) is 11.6 Å². The number of aliphatic hydroxyl groups is 1. The van der Waals surface area contributed by atoms with Crippen molar-refractivity contribution in [3.8, 4) is 0 Å². The molecule has 1 heterocycles. The molecule has 1 unspecified atom stereocenters. The summed E-state index contributed by atoms with van der Waals surface area (Å²) in [6, 6.07) is 9.90. The van der Waals surface area contributed by atoms with Crippen LogP contribution >= 0.6 is 0 Å². The third-order valence-corrected chi connectivity index (χ3v) is 2.98. The summed E-state index contributed by atoms with van der Waals surface area (Å²) in [4.78, 5) is 6.29. The molecule has 0 fully saturated rings. The van der Waals surface area contributed by atoms with Crippen molar-refractivity contribution in [2.45, 2.75) is 20.0 Å². The molecule has 4 heteroatoms. The highest BCUT2D eigenvalue weighted by molar-refractivity contribution is 5.63. The minimum Gasteiger partial charge on any atom is -0.389 e. The average molecular weight is 260 g/mol. The Morgan fingerprint density at radius 3 is 2.53 bits per heavy atom. The Morgan fingerprint density at radius 1 is 1.26 bits per heavy atom. The maximum Gasteiger partial charge on any atom is 0.138 e. The average Bonchev–Trinajstić information content (AvgIpc) is 2.42. The number of halogens is 1. The summed E-state index contributed by atoms with van der Waals surface area (Å²) in [5.41, 5.74) is 1.61. The van der Waals surface area contributed by atoms with Crippen molar-refractivity contribution in [2.75, 3.05) is 11.4 Å². The van der Waals surface area contributed by atoms with Crippen LogP contribution in [0.2, 0.25) is 0 Å². The Kier molecular flexibility index (Phi) is 4.12. The smallest absolute Gasteiger partial charge is 0.138 e. The van der Waals surface area contributed by atoms with Crippen molar-refractivity contribution in [3.05, 3.63) is 54.0 Å². The molecule has 19 heavy (non-hydrogen) atoms. The highest BCUT2D eigenvalue weighted by atomic mass is 19.1. The topological polar surface area (TPSA) is 36.4 Å². The van der Waals surface area contributed by atoms with Crippen molar-refractivity contribution in [1.29, 1.82) is 0 Å². The number of hydrogen-bond acceptors (Lipinski definition) is 3. The fourth-order valence-electron chi connectivity index (χ4n) is 2.04. The fraction of sp³-hybridized carbons (Fsp3) is 0.267. The molecule has 1 N–H and O–H groups in total. The van der Waals surface area contributed by atoms with E-state index in [9.17, 15) is 9.50 Å². The van der Waals surface area contributed by atoms with Crippen LogP contribution in [0.4, 0.5) is 15.9 Å². The lowest BCUT2D eigenvalue weighted by molar-refractivity contribution is 0.199. The third-order valence-electron chi connectivity index (χ3n) is 2.98. The van der Waals surface area contributed by atoms with Gasteiger partial charge >= 0.3 is 0 Å². The summed E-state index contributed by atoms with van der Waals surface area (Å²) in [5, 5.41) is 9.81. The van der Waals surface area contributed by atoms with E-state index in [2.05, 4.69) is 4.98 Å². The van der Waals surface area contributed by atoms with Crippen molar-refractivity contribution in [3.63, 3.8) is 0 Å². The maximum absolute atomic E-state index is 13.0.